The highest BCUT2D eigenvalue weighted by molar-refractivity contribution is 7.92. The summed E-state index contributed by atoms with van der Waals surface area (Å²) < 4.78 is 33.4. The summed E-state index contributed by atoms with van der Waals surface area (Å²) >= 11 is 0. The maximum atomic E-state index is 13.5. The molecule has 2 aromatic rings. The predicted octanol–water partition coefficient (Wildman–Crippen LogP) is 4.03. The van der Waals surface area contributed by atoms with Crippen molar-refractivity contribution in [3.05, 3.63) is 54.1 Å². The first-order valence-corrected chi connectivity index (χ1v) is 12.6. The Bertz CT molecular complexity index is 1080. The van der Waals surface area contributed by atoms with Crippen LogP contribution in [0.25, 0.3) is 0 Å². The number of nitrogens with one attached hydrogen (secondary N) is 1. The van der Waals surface area contributed by atoms with E-state index < -0.39 is 10.0 Å². The van der Waals surface area contributed by atoms with E-state index in [2.05, 4.69) is 19.2 Å². The number of nitrogens with zero attached hydrogens (tertiary/aromatic N) is 1. The lowest BCUT2D eigenvalue weighted by Crippen LogP contribution is -2.48. The first-order valence-electron chi connectivity index (χ1n) is 11.2. The standard InChI is InChI=1S/C25H32N2O5S/c1-17-6-5-7-24(18(17)2)26-25(29)16-27(21-10-12-22(32-4)13-11-21)33(30,31)23-14-8-20(9-15-23)19(3)28/h8-15,17-18,24H,5-7,16H2,1-4H3,(H,26,29). The van der Waals surface area contributed by atoms with Crippen LogP contribution in [-0.2, 0) is 14.8 Å². The van der Waals surface area contributed by atoms with Crippen molar-refractivity contribution >= 4 is 27.4 Å². The minimum atomic E-state index is -4.06. The van der Waals surface area contributed by atoms with E-state index in [-0.39, 0.29) is 29.2 Å². The summed E-state index contributed by atoms with van der Waals surface area (Å²) in [6.45, 7) is 5.39. The zero-order valence-corrected chi connectivity index (χ0v) is 20.4. The number of hydrogen-bond acceptors (Lipinski definition) is 5. The molecule has 1 aliphatic carbocycles. The van der Waals surface area contributed by atoms with Gasteiger partial charge in [0.05, 0.1) is 17.7 Å². The molecule has 3 unspecified atom stereocenters. The van der Waals surface area contributed by atoms with Gasteiger partial charge in [-0.15, -0.1) is 0 Å². The highest BCUT2D eigenvalue weighted by Crippen LogP contribution is 2.30. The van der Waals surface area contributed by atoms with Gasteiger partial charge in [-0.05, 0) is 61.6 Å². The van der Waals surface area contributed by atoms with Crippen LogP contribution >= 0.6 is 0 Å². The van der Waals surface area contributed by atoms with Crippen LogP contribution in [0.15, 0.2) is 53.4 Å². The van der Waals surface area contributed by atoms with Crippen LogP contribution in [0.1, 0.15) is 50.4 Å². The molecule has 1 amide bonds. The molecule has 2 aromatic carbocycles. The minimum Gasteiger partial charge on any atom is -0.497 e. The van der Waals surface area contributed by atoms with Gasteiger partial charge in [0.2, 0.25) is 5.91 Å². The van der Waals surface area contributed by atoms with Crippen LogP contribution in [0.3, 0.4) is 0 Å². The zero-order valence-electron chi connectivity index (χ0n) is 19.6. The van der Waals surface area contributed by atoms with Gasteiger partial charge in [-0.1, -0.05) is 38.8 Å². The fraction of sp³-hybridized carbons (Fsp3) is 0.440. The number of benzene rings is 2. The van der Waals surface area contributed by atoms with Crippen LogP contribution < -0.4 is 14.4 Å². The maximum absolute atomic E-state index is 13.5. The van der Waals surface area contributed by atoms with Crippen LogP contribution in [0.5, 0.6) is 5.75 Å². The number of anilines is 1. The van der Waals surface area contributed by atoms with Crippen LogP contribution in [0, 0.1) is 11.8 Å². The van der Waals surface area contributed by atoms with Crippen molar-refractivity contribution in [2.24, 2.45) is 11.8 Å². The minimum absolute atomic E-state index is 0.00998. The average molecular weight is 473 g/mol. The van der Waals surface area contributed by atoms with Gasteiger partial charge in [0.25, 0.3) is 10.0 Å². The van der Waals surface area contributed by atoms with E-state index in [0.29, 0.717) is 28.8 Å². The summed E-state index contributed by atoms with van der Waals surface area (Å²) in [5.41, 5.74) is 0.773. The number of carbonyl (C=O) groups excluding carboxylic acids is 2. The second-order valence-corrected chi connectivity index (χ2v) is 10.6. The number of amides is 1. The summed E-state index contributed by atoms with van der Waals surface area (Å²) in [7, 11) is -2.53. The molecule has 0 heterocycles. The SMILES string of the molecule is COc1ccc(N(CC(=O)NC2CCCC(C)C2C)S(=O)(=O)c2ccc(C(C)=O)cc2)cc1. The summed E-state index contributed by atoms with van der Waals surface area (Å²) in [6, 6.07) is 12.3. The Balaban J connectivity index is 1.90. The molecule has 0 spiro atoms. The van der Waals surface area contributed by atoms with Gasteiger partial charge >= 0.3 is 0 Å². The fourth-order valence-electron chi connectivity index (χ4n) is 4.22. The lowest BCUT2D eigenvalue weighted by molar-refractivity contribution is -0.121. The van der Waals surface area contributed by atoms with Crippen molar-refractivity contribution < 1.29 is 22.7 Å². The highest BCUT2D eigenvalue weighted by atomic mass is 32.2. The highest BCUT2D eigenvalue weighted by Gasteiger charge is 2.31. The number of methoxy groups -OCH3 is 1. The lowest BCUT2D eigenvalue weighted by atomic mass is 9.78. The van der Waals surface area contributed by atoms with E-state index in [9.17, 15) is 18.0 Å². The molecule has 1 aliphatic rings. The maximum Gasteiger partial charge on any atom is 0.264 e. The van der Waals surface area contributed by atoms with E-state index in [1.165, 1.54) is 38.3 Å². The summed E-state index contributed by atoms with van der Waals surface area (Å²) in [6.07, 6.45) is 3.06. The third-order valence-corrected chi connectivity index (χ3v) is 8.34. The van der Waals surface area contributed by atoms with Crippen molar-refractivity contribution in [1.29, 1.82) is 0 Å². The first-order chi connectivity index (χ1) is 15.6. The molecule has 0 aromatic heterocycles. The molecule has 0 aliphatic heterocycles. The van der Waals surface area contributed by atoms with E-state index in [1.807, 2.05) is 0 Å². The number of ether oxygens (including phenoxy) is 1. The molecule has 0 radical (unpaired) electrons. The van der Waals surface area contributed by atoms with Gasteiger partial charge in [0.1, 0.15) is 12.3 Å². The lowest BCUT2D eigenvalue weighted by Gasteiger charge is -2.35. The van der Waals surface area contributed by atoms with Crippen LogP contribution in [0.4, 0.5) is 5.69 Å². The van der Waals surface area contributed by atoms with E-state index >= 15 is 0 Å². The molecule has 1 N–H and O–H groups in total. The van der Waals surface area contributed by atoms with Crippen molar-refractivity contribution in [3.63, 3.8) is 0 Å². The Kier molecular flexibility index (Phi) is 7.79. The van der Waals surface area contributed by atoms with Gasteiger partial charge in [-0.3, -0.25) is 13.9 Å². The second kappa shape index (κ2) is 10.4. The molecule has 7 nitrogen and oxygen atoms in total. The Hall–Kier alpha value is -2.87. The Morgan fingerprint density at radius 2 is 1.67 bits per heavy atom. The van der Waals surface area contributed by atoms with Gasteiger partial charge in [-0.25, -0.2) is 8.42 Å². The molecule has 0 bridgehead atoms. The molecule has 33 heavy (non-hydrogen) atoms. The normalized spacial score (nSPS) is 20.7. The molecular formula is C25H32N2O5S. The van der Waals surface area contributed by atoms with E-state index in [0.717, 1.165) is 23.6 Å². The monoisotopic (exact) mass is 472 g/mol. The van der Waals surface area contributed by atoms with Gasteiger partial charge in [0, 0.05) is 11.6 Å². The molecule has 8 heteroatoms. The van der Waals surface area contributed by atoms with Crippen molar-refractivity contribution in [2.75, 3.05) is 18.0 Å². The van der Waals surface area contributed by atoms with Gasteiger partial charge in [0.15, 0.2) is 5.78 Å². The van der Waals surface area contributed by atoms with E-state index in [4.69, 9.17) is 4.74 Å². The molecule has 3 rings (SSSR count). The summed E-state index contributed by atoms with van der Waals surface area (Å²) in [4.78, 5) is 24.6. The average Bonchev–Trinajstić information content (AvgIpc) is 2.80. The Morgan fingerprint density at radius 3 is 2.24 bits per heavy atom. The topological polar surface area (TPSA) is 92.8 Å². The fourth-order valence-corrected chi connectivity index (χ4v) is 5.64. The molecule has 1 saturated carbocycles. The third-order valence-electron chi connectivity index (χ3n) is 6.55. The first kappa shape index (κ1) is 24.8. The quantitative estimate of drug-likeness (QED) is 0.586. The Labute approximate surface area is 196 Å². The zero-order chi connectivity index (χ0) is 24.2. The van der Waals surface area contributed by atoms with Gasteiger partial charge in [-0.2, -0.15) is 0 Å². The van der Waals surface area contributed by atoms with Crippen molar-refractivity contribution in [1.82, 2.24) is 5.32 Å². The second-order valence-electron chi connectivity index (χ2n) is 8.73. The summed E-state index contributed by atoms with van der Waals surface area (Å²) in [5, 5.41) is 3.06. The molecular weight excluding hydrogens is 440 g/mol. The van der Waals surface area contributed by atoms with Crippen molar-refractivity contribution in [3.8, 4) is 5.75 Å². The molecule has 178 valence electrons. The molecule has 0 saturated heterocycles. The summed E-state index contributed by atoms with van der Waals surface area (Å²) in [5.74, 6) is 0.913. The van der Waals surface area contributed by atoms with Crippen LogP contribution in [-0.4, -0.2) is 39.8 Å². The van der Waals surface area contributed by atoms with Crippen molar-refractivity contribution in [2.45, 2.75) is 51.0 Å². The Morgan fingerprint density at radius 1 is 1.03 bits per heavy atom. The number of ketones is 1. The number of sulfonamides is 1. The smallest absolute Gasteiger partial charge is 0.264 e. The molecule has 3 atom stereocenters. The number of rotatable bonds is 8. The third kappa shape index (κ3) is 5.74. The largest absolute Gasteiger partial charge is 0.497 e. The number of hydrogen-bond donors (Lipinski definition) is 1. The van der Waals surface area contributed by atoms with Crippen LogP contribution in [0.2, 0.25) is 0 Å². The number of carbonyl (C=O) groups is 2. The number of Topliss-reactive ketones (excluding diaryl/α,β-unsaturated/α-hetero) is 1. The van der Waals surface area contributed by atoms with E-state index in [1.54, 1.807) is 24.3 Å². The van der Waals surface area contributed by atoms with Gasteiger partial charge < -0.3 is 10.1 Å². The molecule has 1 fully saturated rings. The predicted molar refractivity (Wildman–Crippen MR) is 128 cm³/mol.